The lowest BCUT2D eigenvalue weighted by atomic mass is 10.1. The molecule has 2 saturated heterocycles. The number of rotatable bonds is 8. The molecule has 4 heterocycles. The maximum Gasteiger partial charge on any atom is 0.416 e. The summed E-state index contributed by atoms with van der Waals surface area (Å²) in [5.41, 5.74) is 2.62. The number of likely N-dealkylation sites (tertiary alicyclic amines) is 1. The Morgan fingerprint density at radius 1 is 0.909 bits per heavy atom. The number of benzene rings is 2. The van der Waals surface area contributed by atoms with Crippen LogP contribution in [0.25, 0.3) is 10.9 Å². The molecule has 1 amide bonds. The summed E-state index contributed by atoms with van der Waals surface area (Å²) in [6.45, 7) is 8.13. The minimum Gasteiger partial charge on any atom is -0.477 e. The molecule has 0 atom stereocenters. The number of amides is 1. The maximum atomic E-state index is 13.3. The monoisotopic (exact) mass is 607 g/mol. The summed E-state index contributed by atoms with van der Waals surface area (Å²) in [6.07, 6.45) is 3.11. The van der Waals surface area contributed by atoms with E-state index in [4.69, 9.17) is 9.84 Å². The van der Waals surface area contributed by atoms with Gasteiger partial charge in [0.15, 0.2) is 0 Å². The Bertz CT molecular complexity index is 1560. The van der Waals surface area contributed by atoms with Gasteiger partial charge in [0.25, 0.3) is 5.91 Å². The molecule has 0 saturated carbocycles. The first kappa shape index (κ1) is 30.0. The van der Waals surface area contributed by atoms with E-state index in [1.165, 1.54) is 12.1 Å². The minimum absolute atomic E-state index is 0.0143. The smallest absolute Gasteiger partial charge is 0.416 e. The van der Waals surface area contributed by atoms with Crippen molar-refractivity contribution in [1.29, 1.82) is 0 Å². The Labute approximate surface area is 254 Å². The second kappa shape index (κ2) is 12.9. The van der Waals surface area contributed by atoms with E-state index in [0.29, 0.717) is 56.8 Å². The number of aromatic nitrogens is 4. The SMILES string of the molecule is CCOc1cnc(CN2CCC(n3cc4cc(C(=O)N5CCN(Cc6ccc(C(F)(F)F)cc6)CC5)ccc4n3)CC2)cn1. The third-order valence-electron chi connectivity index (χ3n) is 8.41. The van der Waals surface area contributed by atoms with Crippen LogP contribution in [0.1, 0.15) is 53.0 Å². The van der Waals surface area contributed by atoms with Crippen molar-refractivity contribution in [3.63, 3.8) is 0 Å². The molecule has 12 heteroatoms. The number of piperidine rings is 1. The van der Waals surface area contributed by atoms with Gasteiger partial charge in [0.1, 0.15) is 0 Å². The molecule has 2 aromatic heterocycles. The lowest BCUT2D eigenvalue weighted by Gasteiger charge is -2.34. The highest BCUT2D eigenvalue weighted by molar-refractivity contribution is 5.98. The normalized spacial score (nSPS) is 17.3. The lowest BCUT2D eigenvalue weighted by Crippen LogP contribution is -2.48. The van der Waals surface area contributed by atoms with Crippen molar-refractivity contribution < 1.29 is 22.7 Å². The fourth-order valence-corrected chi connectivity index (χ4v) is 5.93. The third kappa shape index (κ3) is 7.02. The number of halogens is 3. The second-order valence-electron chi connectivity index (χ2n) is 11.4. The average Bonchev–Trinajstić information content (AvgIpc) is 3.46. The van der Waals surface area contributed by atoms with Gasteiger partial charge in [-0.15, -0.1) is 0 Å². The van der Waals surface area contributed by atoms with Gasteiger partial charge >= 0.3 is 6.18 Å². The van der Waals surface area contributed by atoms with Gasteiger partial charge < -0.3 is 9.64 Å². The average molecular weight is 608 g/mol. The predicted molar refractivity (Wildman–Crippen MR) is 159 cm³/mol. The summed E-state index contributed by atoms with van der Waals surface area (Å²) in [5.74, 6) is 0.530. The predicted octanol–water partition coefficient (Wildman–Crippen LogP) is 5.04. The van der Waals surface area contributed by atoms with Crippen LogP contribution in [-0.4, -0.2) is 86.2 Å². The largest absolute Gasteiger partial charge is 0.477 e. The minimum atomic E-state index is -4.33. The molecule has 0 spiro atoms. The fraction of sp³-hybridized carbons (Fsp3) is 0.438. The summed E-state index contributed by atoms with van der Waals surface area (Å²) in [5, 5.41) is 5.77. The number of hydrogen-bond donors (Lipinski definition) is 0. The zero-order valence-electron chi connectivity index (χ0n) is 24.7. The molecule has 0 aliphatic carbocycles. The van der Waals surface area contributed by atoms with Gasteiger partial charge in [-0.05, 0) is 55.7 Å². The van der Waals surface area contributed by atoms with Crippen LogP contribution >= 0.6 is 0 Å². The van der Waals surface area contributed by atoms with E-state index in [0.717, 1.165) is 66.8 Å². The van der Waals surface area contributed by atoms with E-state index in [1.54, 1.807) is 12.4 Å². The second-order valence-corrected chi connectivity index (χ2v) is 11.4. The van der Waals surface area contributed by atoms with Crippen LogP contribution in [0.5, 0.6) is 5.88 Å². The van der Waals surface area contributed by atoms with Gasteiger partial charge in [0, 0.05) is 69.5 Å². The van der Waals surface area contributed by atoms with Crippen molar-refractivity contribution in [3.8, 4) is 5.88 Å². The van der Waals surface area contributed by atoms with Gasteiger partial charge in [-0.1, -0.05) is 12.1 Å². The first-order valence-electron chi connectivity index (χ1n) is 15.1. The van der Waals surface area contributed by atoms with Crippen molar-refractivity contribution >= 4 is 16.8 Å². The summed E-state index contributed by atoms with van der Waals surface area (Å²) >= 11 is 0. The van der Waals surface area contributed by atoms with E-state index in [-0.39, 0.29) is 5.91 Å². The van der Waals surface area contributed by atoms with Crippen LogP contribution in [0.2, 0.25) is 0 Å². The number of piperazine rings is 1. The summed E-state index contributed by atoms with van der Waals surface area (Å²) in [4.78, 5) is 28.5. The van der Waals surface area contributed by atoms with Crippen molar-refractivity contribution in [2.24, 2.45) is 0 Å². The Kier molecular flexibility index (Phi) is 8.81. The third-order valence-corrected chi connectivity index (χ3v) is 8.41. The molecular weight excluding hydrogens is 571 g/mol. The van der Waals surface area contributed by atoms with Gasteiger partial charge in [-0.2, -0.15) is 18.3 Å². The van der Waals surface area contributed by atoms with Crippen molar-refractivity contribution in [2.75, 3.05) is 45.9 Å². The zero-order valence-corrected chi connectivity index (χ0v) is 24.7. The van der Waals surface area contributed by atoms with Gasteiger partial charge in [0.05, 0.1) is 41.8 Å². The first-order chi connectivity index (χ1) is 21.2. The van der Waals surface area contributed by atoms with Crippen molar-refractivity contribution in [3.05, 3.63) is 83.4 Å². The highest BCUT2D eigenvalue weighted by Crippen LogP contribution is 2.29. The highest BCUT2D eigenvalue weighted by Gasteiger charge is 2.30. The van der Waals surface area contributed by atoms with E-state index in [2.05, 4.69) is 19.8 Å². The molecule has 2 aliphatic rings. The number of alkyl halides is 3. The number of fused-ring (bicyclic) bond motifs is 1. The van der Waals surface area contributed by atoms with Crippen molar-refractivity contribution in [2.45, 2.75) is 45.1 Å². The van der Waals surface area contributed by atoms with E-state index in [9.17, 15) is 18.0 Å². The first-order valence-corrected chi connectivity index (χ1v) is 15.1. The molecular formula is C32H36F3N7O2. The Morgan fingerprint density at radius 2 is 1.64 bits per heavy atom. The van der Waals surface area contributed by atoms with Gasteiger partial charge in [-0.25, -0.2) is 4.98 Å². The van der Waals surface area contributed by atoms with Crippen LogP contribution < -0.4 is 4.74 Å². The van der Waals surface area contributed by atoms with Crippen LogP contribution in [-0.2, 0) is 19.3 Å². The highest BCUT2D eigenvalue weighted by atomic mass is 19.4. The Morgan fingerprint density at radius 3 is 2.30 bits per heavy atom. The fourth-order valence-electron chi connectivity index (χ4n) is 5.93. The number of carbonyl (C=O) groups is 1. The van der Waals surface area contributed by atoms with Crippen molar-refractivity contribution in [1.82, 2.24) is 34.4 Å². The molecule has 0 radical (unpaired) electrons. The van der Waals surface area contributed by atoms with Crippen LogP contribution in [0.4, 0.5) is 13.2 Å². The molecule has 2 fully saturated rings. The van der Waals surface area contributed by atoms with Crippen LogP contribution in [0, 0.1) is 0 Å². The van der Waals surface area contributed by atoms with E-state index < -0.39 is 11.7 Å². The zero-order chi connectivity index (χ0) is 30.7. The molecule has 0 N–H and O–H groups in total. The quantitative estimate of drug-likeness (QED) is 0.278. The van der Waals surface area contributed by atoms with Gasteiger partial charge in [0.2, 0.25) is 5.88 Å². The molecule has 0 unspecified atom stereocenters. The van der Waals surface area contributed by atoms with E-state index >= 15 is 0 Å². The summed E-state index contributed by atoms with van der Waals surface area (Å²) < 4.78 is 46.0. The van der Waals surface area contributed by atoms with Gasteiger partial charge in [-0.3, -0.25) is 24.3 Å². The summed E-state index contributed by atoms with van der Waals surface area (Å²) in [7, 11) is 0. The molecule has 2 aliphatic heterocycles. The number of hydrogen-bond acceptors (Lipinski definition) is 7. The maximum absolute atomic E-state index is 13.3. The van der Waals surface area contributed by atoms with Crippen LogP contribution in [0.15, 0.2) is 61.1 Å². The Balaban J connectivity index is 1.00. The number of ether oxygens (including phenoxy) is 1. The molecule has 44 heavy (non-hydrogen) atoms. The topological polar surface area (TPSA) is 79.6 Å². The molecule has 232 valence electrons. The number of nitrogens with zero attached hydrogens (tertiary/aromatic N) is 7. The molecule has 9 nitrogen and oxygen atoms in total. The standard InChI is InChI=1S/C32H36F3N7O2/c1-2-44-30-19-36-27(18-37-30)22-39-11-9-28(10-12-39)42-21-25-17-24(5-8-29(25)38-42)31(43)41-15-13-40(14-16-41)20-23-3-6-26(7-4-23)32(33,34)35/h3-8,17-19,21,28H,2,9-16,20,22H2,1H3. The molecule has 0 bridgehead atoms. The van der Waals surface area contributed by atoms with Crippen LogP contribution in [0.3, 0.4) is 0 Å². The lowest BCUT2D eigenvalue weighted by molar-refractivity contribution is -0.137. The van der Waals surface area contributed by atoms with E-state index in [1.807, 2.05) is 40.9 Å². The molecule has 6 rings (SSSR count). The number of carbonyl (C=O) groups excluding carboxylic acids is 1. The molecule has 2 aromatic carbocycles. The Hall–Kier alpha value is -4.03. The molecule has 4 aromatic rings. The summed E-state index contributed by atoms with van der Waals surface area (Å²) in [6, 6.07) is 11.3.